The minimum Gasteiger partial charge on any atom is -0.325 e. The Morgan fingerprint density at radius 1 is 1.03 bits per heavy atom. The van der Waals surface area contributed by atoms with E-state index in [1.54, 1.807) is 18.2 Å². The molecule has 4 rings (SSSR count). The molecule has 0 atom stereocenters. The highest BCUT2D eigenvalue weighted by molar-refractivity contribution is 14.1. The van der Waals surface area contributed by atoms with Gasteiger partial charge in [0.1, 0.15) is 6.54 Å². The number of carbonyl (C=O) groups excluding carboxylic acids is 4. The van der Waals surface area contributed by atoms with Gasteiger partial charge in [-0.15, -0.1) is 0 Å². The quantitative estimate of drug-likeness (QED) is 0.200. The van der Waals surface area contributed by atoms with Gasteiger partial charge in [-0.25, -0.2) is 0 Å². The first-order valence-corrected chi connectivity index (χ1v) is 13.1. The highest BCUT2D eigenvalue weighted by Crippen LogP contribution is 2.35. The number of anilines is 1. The number of amides is 3. The van der Waals surface area contributed by atoms with E-state index >= 15 is 0 Å². The first kappa shape index (κ1) is 25.4. The monoisotopic (exact) mass is 663 g/mol. The number of carbonyl (C=O) groups is 4. The number of hydrogen-bond acceptors (Lipinski definition) is 5. The fraction of sp³-hybridized carbons (Fsp3) is 0.120. The number of thioether (sulfide) groups is 1. The van der Waals surface area contributed by atoms with Crippen molar-refractivity contribution < 1.29 is 19.2 Å². The normalized spacial score (nSPS) is 14.6. The van der Waals surface area contributed by atoms with Gasteiger partial charge in [-0.1, -0.05) is 15.9 Å². The lowest BCUT2D eigenvalue weighted by Crippen LogP contribution is -2.36. The Morgan fingerprint density at radius 2 is 1.66 bits per heavy atom. The zero-order valence-electron chi connectivity index (χ0n) is 18.7. The Balaban J connectivity index is 1.60. The van der Waals surface area contributed by atoms with Crippen LogP contribution in [-0.2, 0) is 9.59 Å². The lowest BCUT2D eigenvalue weighted by atomic mass is 10.1. The van der Waals surface area contributed by atoms with Crippen molar-refractivity contribution in [3.8, 4) is 5.69 Å². The fourth-order valence-electron chi connectivity index (χ4n) is 3.84. The molecule has 1 saturated heterocycles. The van der Waals surface area contributed by atoms with Crippen molar-refractivity contribution in [2.45, 2.75) is 13.8 Å². The smallest absolute Gasteiger partial charge is 0.294 e. The maximum atomic E-state index is 13.0. The number of hydrogen-bond donors (Lipinski definition) is 1. The fourth-order valence-corrected chi connectivity index (χ4v) is 5.28. The summed E-state index contributed by atoms with van der Waals surface area (Å²) in [4.78, 5) is 51.0. The largest absolute Gasteiger partial charge is 0.325 e. The van der Waals surface area contributed by atoms with Gasteiger partial charge in [0.15, 0.2) is 6.29 Å². The lowest BCUT2D eigenvalue weighted by molar-refractivity contribution is -0.127. The number of aromatic nitrogens is 1. The third-order valence-electron chi connectivity index (χ3n) is 5.52. The summed E-state index contributed by atoms with van der Waals surface area (Å²) >= 11 is 6.33. The first-order valence-electron chi connectivity index (χ1n) is 10.4. The molecule has 3 amide bonds. The van der Waals surface area contributed by atoms with Crippen molar-refractivity contribution in [3.05, 3.63) is 84.0 Å². The van der Waals surface area contributed by atoms with E-state index in [0.29, 0.717) is 16.8 Å². The van der Waals surface area contributed by atoms with Crippen LogP contribution < -0.4 is 5.32 Å². The average Bonchev–Trinajstić information content (AvgIpc) is 3.22. The number of halogens is 2. The van der Waals surface area contributed by atoms with E-state index < -0.39 is 23.6 Å². The van der Waals surface area contributed by atoms with Crippen LogP contribution in [-0.4, -0.2) is 39.4 Å². The number of rotatable bonds is 6. The summed E-state index contributed by atoms with van der Waals surface area (Å²) in [6, 6.07) is 14.8. The Morgan fingerprint density at radius 3 is 2.29 bits per heavy atom. The molecule has 3 aromatic rings. The van der Waals surface area contributed by atoms with Crippen molar-refractivity contribution in [2.24, 2.45) is 0 Å². The number of benzene rings is 2. The third kappa shape index (κ3) is 5.29. The average molecular weight is 664 g/mol. The molecule has 0 radical (unpaired) electrons. The summed E-state index contributed by atoms with van der Waals surface area (Å²) in [5.41, 5.74) is 3.93. The molecule has 10 heteroatoms. The molecule has 35 heavy (non-hydrogen) atoms. The standard InChI is InChI=1S/C25H19BrIN3O4S/c1-14-20(21(13-31)15(2)30(14)19-9-3-16(26)4-10-19)11-22-24(33)29(25(34)35-22)12-23(32)28-18-7-5-17(27)6-8-18/h3-11,13H,12H2,1-2H3,(H,28,32)/b22-11-. The predicted molar refractivity (Wildman–Crippen MR) is 149 cm³/mol. The topological polar surface area (TPSA) is 88.5 Å². The van der Waals surface area contributed by atoms with Crippen LogP contribution in [0.25, 0.3) is 11.8 Å². The van der Waals surface area contributed by atoms with Crippen LogP contribution in [0.1, 0.15) is 27.3 Å². The minimum absolute atomic E-state index is 0.163. The molecular weight excluding hydrogens is 645 g/mol. The second kappa shape index (κ2) is 10.5. The Kier molecular flexibility index (Phi) is 7.62. The van der Waals surface area contributed by atoms with Crippen LogP contribution in [0.3, 0.4) is 0 Å². The lowest BCUT2D eigenvalue weighted by Gasteiger charge is -2.12. The maximum Gasteiger partial charge on any atom is 0.294 e. The van der Waals surface area contributed by atoms with Gasteiger partial charge in [-0.2, -0.15) is 0 Å². The van der Waals surface area contributed by atoms with Crippen LogP contribution >= 0.6 is 50.3 Å². The van der Waals surface area contributed by atoms with E-state index in [-0.39, 0.29) is 4.91 Å². The summed E-state index contributed by atoms with van der Waals surface area (Å²) < 4.78 is 3.88. The molecule has 1 fully saturated rings. The van der Waals surface area contributed by atoms with E-state index in [9.17, 15) is 19.2 Å². The molecule has 178 valence electrons. The second-order valence-electron chi connectivity index (χ2n) is 7.75. The SMILES string of the molecule is Cc1c(C=O)c(/C=C2\SC(=O)N(CC(=O)Nc3ccc(I)cc3)C2=O)c(C)n1-c1ccc(Br)cc1. The maximum absolute atomic E-state index is 13.0. The molecule has 2 heterocycles. The molecule has 0 bridgehead atoms. The van der Waals surface area contributed by atoms with Crippen LogP contribution in [0.5, 0.6) is 0 Å². The molecule has 1 N–H and O–H groups in total. The highest BCUT2D eigenvalue weighted by atomic mass is 127. The van der Waals surface area contributed by atoms with E-state index in [1.807, 2.05) is 54.8 Å². The van der Waals surface area contributed by atoms with Crippen LogP contribution in [0.15, 0.2) is 57.9 Å². The zero-order valence-corrected chi connectivity index (χ0v) is 23.2. The number of imide groups is 1. The molecule has 1 aliphatic heterocycles. The number of nitrogens with one attached hydrogen (secondary N) is 1. The summed E-state index contributed by atoms with van der Waals surface area (Å²) in [5.74, 6) is -1.04. The molecule has 0 aliphatic carbocycles. The Bertz CT molecular complexity index is 1380. The Labute approximate surface area is 228 Å². The molecule has 1 aromatic heterocycles. The van der Waals surface area contributed by atoms with E-state index in [0.717, 1.165) is 48.1 Å². The molecule has 0 unspecified atom stereocenters. The van der Waals surface area contributed by atoms with Gasteiger partial charge in [-0.05, 0) is 103 Å². The van der Waals surface area contributed by atoms with Crippen molar-refractivity contribution in [2.75, 3.05) is 11.9 Å². The van der Waals surface area contributed by atoms with Gasteiger partial charge in [0, 0.05) is 41.9 Å². The van der Waals surface area contributed by atoms with E-state index in [2.05, 4.69) is 43.8 Å². The van der Waals surface area contributed by atoms with Gasteiger partial charge in [0.05, 0.1) is 4.91 Å². The number of nitrogens with zero attached hydrogens (tertiary/aromatic N) is 2. The summed E-state index contributed by atoms with van der Waals surface area (Å²) in [6.45, 7) is 3.29. The van der Waals surface area contributed by atoms with Gasteiger partial charge in [0.2, 0.25) is 5.91 Å². The minimum atomic E-state index is -0.567. The van der Waals surface area contributed by atoms with E-state index in [1.165, 1.54) is 0 Å². The highest BCUT2D eigenvalue weighted by Gasteiger charge is 2.37. The van der Waals surface area contributed by atoms with Crippen LogP contribution in [0.4, 0.5) is 10.5 Å². The van der Waals surface area contributed by atoms with Crippen LogP contribution in [0, 0.1) is 17.4 Å². The Hall–Kier alpha value is -2.70. The van der Waals surface area contributed by atoms with Gasteiger partial charge in [0.25, 0.3) is 11.1 Å². The van der Waals surface area contributed by atoms with Crippen molar-refractivity contribution >= 4 is 85.4 Å². The van der Waals surface area contributed by atoms with Gasteiger partial charge >= 0.3 is 0 Å². The van der Waals surface area contributed by atoms with Gasteiger partial charge in [-0.3, -0.25) is 24.1 Å². The van der Waals surface area contributed by atoms with Crippen molar-refractivity contribution in [3.63, 3.8) is 0 Å². The third-order valence-corrected chi connectivity index (χ3v) is 7.68. The van der Waals surface area contributed by atoms with Crippen LogP contribution in [0.2, 0.25) is 0 Å². The second-order valence-corrected chi connectivity index (χ2v) is 10.9. The summed E-state index contributed by atoms with van der Waals surface area (Å²) in [7, 11) is 0. The molecule has 7 nitrogen and oxygen atoms in total. The summed E-state index contributed by atoms with van der Waals surface area (Å²) in [6.07, 6.45) is 2.31. The molecule has 0 spiro atoms. The predicted octanol–water partition coefficient (Wildman–Crippen LogP) is 5.95. The number of aldehydes is 1. The summed E-state index contributed by atoms with van der Waals surface area (Å²) in [5, 5.41) is 2.16. The molecule has 1 aliphatic rings. The van der Waals surface area contributed by atoms with Crippen molar-refractivity contribution in [1.82, 2.24) is 9.47 Å². The van der Waals surface area contributed by atoms with E-state index in [4.69, 9.17) is 0 Å². The molecule has 2 aromatic carbocycles. The van der Waals surface area contributed by atoms with Crippen molar-refractivity contribution in [1.29, 1.82) is 0 Å². The zero-order chi connectivity index (χ0) is 25.3. The van der Waals surface area contributed by atoms with Gasteiger partial charge < -0.3 is 9.88 Å². The first-order chi connectivity index (χ1) is 16.7. The molecular formula is C25H19BrIN3O4S. The molecule has 0 saturated carbocycles.